The first-order valence-corrected chi connectivity index (χ1v) is 4.04. The predicted octanol–water partition coefficient (Wildman–Crippen LogP) is 1.40. The molecule has 0 aromatic carbocycles. The number of aliphatic hydroxyl groups is 1. The highest BCUT2D eigenvalue weighted by atomic mass is 16.7. The lowest BCUT2D eigenvalue weighted by Gasteiger charge is -2.32. The Bertz CT molecular complexity index is 155. The highest BCUT2D eigenvalue weighted by molar-refractivity contribution is 4.95. The average molecular weight is 173 g/mol. The number of aliphatic hydroxyl groups excluding tert-OH is 1. The van der Waals surface area contributed by atoms with Gasteiger partial charge in [0.2, 0.25) is 0 Å². The zero-order valence-corrected chi connectivity index (χ0v) is 8.53. The Kier molecular flexibility index (Phi) is 4.45. The summed E-state index contributed by atoms with van der Waals surface area (Å²) in [5.74, 6) is 0. The van der Waals surface area contributed by atoms with Gasteiger partial charge in [-0.2, -0.15) is 5.06 Å². The van der Waals surface area contributed by atoms with Crippen molar-refractivity contribution in [3.63, 3.8) is 0 Å². The van der Waals surface area contributed by atoms with Crippen LogP contribution in [0.2, 0.25) is 0 Å². The molecule has 0 saturated carbocycles. The van der Waals surface area contributed by atoms with Gasteiger partial charge in [-0.15, -0.1) is 0 Å². The molecule has 72 valence electrons. The molecule has 0 spiro atoms. The number of rotatable bonds is 4. The van der Waals surface area contributed by atoms with Crippen LogP contribution in [0.15, 0.2) is 12.2 Å². The van der Waals surface area contributed by atoms with Crippen molar-refractivity contribution >= 4 is 0 Å². The first-order chi connectivity index (χ1) is 5.45. The second kappa shape index (κ2) is 4.60. The summed E-state index contributed by atoms with van der Waals surface area (Å²) >= 11 is 0. The molecule has 0 unspecified atom stereocenters. The fourth-order valence-electron chi connectivity index (χ4n) is 1.08. The Hall–Kier alpha value is -0.380. The molecule has 0 aromatic rings. The maximum absolute atomic E-state index is 9.73. The maximum Gasteiger partial charge on any atom is 0.138 e. The molecule has 0 fully saturated rings. The lowest BCUT2D eigenvalue weighted by molar-refractivity contribution is -0.228. The van der Waals surface area contributed by atoms with Crippen LogP contribution in [-0.4, -0.2) is 30.6 Å². The summed E-state index contributed by atoms with van der Waals surface area (Å²) in [5, 5.41) is 11.2. The molecule has 0 aliphatic heterocycles. The molecule has 0 heterocycles. The van der Waals surface area contributed by atoms with Crippen molar-refractivity contribution in [3.05, 3.63) is 12.2 Å². The Morgan fingerprint density at radius 3 is 2.33 bits per heavy atom. The lowest BCUT2D eigenvalue weighted by Crippen LogP contribution is -2.41. The molecular formula is C9H19NO2. The van der Waals surface area contributed by atoms with Gasteiger partial charge in [0.05, 0.1) is 7.11 Å². The Labute approximate surface area is 74.6 Å². The largest absolute Gasteiger partial charge is 0.375 e. The van der Waals surface area contributed by atoms with Gasteiger partial charge in [0.15, 0.2) is 0 Å². The summed E-state index contributed by atoms with van der Waals surface area (Å²) in [7, 11) is 3.24. The van der Waals surface area contributed by atoms with Crippen LogP contribution in [0.25, 0.3) is 0 Å². The molecule has 1 atom stereocenters. The summed E-state index contributed by atoms with van der Waals surface area (Å²) in [6, 6.07) is 0. The Morgan fingerprint density at radius 2 is 2.00 bits per heavy atom. The van der Waals surface area contributed by atoms with Gasteiger partial charge >= 0.3 is 0 Å². The molecule has 3 heteroatoms. The molecule has 0 aliphatic rings. The molecule has 0 radical (unpaired) electrons. The van der Waals surface area contributed by atoms with E-state index in [1.807, 2.05) is 32.9 Å². The van der Waals surface area contributed by atoms with E-state index in [0.717, 1.165) is 0 Å². The second-order valence-electron chi connectivity index (χ2n) is 3.42. The minimum Gasteiger partial charge on any atom is -0.375 e. The van der Waals surface area contributed by atoms with Crippen LogP contribution in [0.5, 0.6) is 0 Å². The van der Waals surface area contributed by atoms with Crippen molar-refractivity contribution in [3.8, 4) is 0 Å². The molecular weight excluding hydrogens is 154 g/mol. The van der Waals surface area contributed by atoms with E-state index in [1.54, 1.807) is 7.05 Å². The summed E-state index contributed by atoms with van der Waals surface area (Å²) in [5.41, 5.74) is -0.292. The van der Waals surface area contributed by atoms with Crippen LogP contribution in [0.3, 0.4) is 0 Å². The van der Waals surface area contributed by atoms with Crippen LogP contribution >= 0.6 is 0 Å². The fraction of sp³-hybridized carbons (Fsp3) is 0.778. The van der Waals surface area contributed by atoms with Gasteiger partial charge in [0.25, 0.3) is 0 Å². The first kappa shape index (κ1) is 11.6. The number of hydrogen-bond donors (Lipinski definition) is 1. The van der Waals surface area contributed by atoms with Crippen LogP contribution in [-0.2, 0) is 4.84 Å². The smallest absolute Gasteiger partial charge is 0.138 e. The van der Waals surface area contributed by atoms with Gasteiger partial charge < -0.3 is 9.94 Å². The highest BCUT2D eigenvalue weighted by Gasteiger charge is 2.28. The molecule has 12 heavy (non-hydrogen) atoms. The molecule has 0 aliphatic carbocycles. The minimum atomic E-state index is -0.626. The van der Waals surface area contributed by atoms with E-state index in [-0.39, 0.29) is 5.41 Å². The molecule has 0 rings (SSSR count). The van der Waals surface area contributed by atoms with Crippen molar-refractivity contribution in [2.75, 3.05) is 14.2 Å². The monoisotopic (exact) mass is 173 g/mol. The van der Waals surface area contributed by atoms with Gasteiger partial charge in [-0.05, 0) is 6.92 Å². The third-order valence-electron chi connectivity index (χ3n) is 1.89. The van der Waals surface area contributed by atoms with Gasteiger partial charge in [-0.25, -0.2) is 0 Å². The second-order valence-corrected chi connectivity index (χ2v) is 3.42. The summed E-state index contributed by atoms with van der Waals surface area (Å²) < 4.78 is 0. The third-order valence-corrected chi connectivity index (χ3v) is 1.89. The van der Waals surface area contributed by atoms with E-state index in [2.05, 4.69) is 0 Å². The summed E-state index contributed by atoms with van der Waals surface area (Å²) in [6.45, 7) is 5.83. The Balaban J connectivity index is 4.33. The quantitative estimate of drug-likeness (QED) is 0.396. The SMILES string of the molecule is C/C=C\C(C)(C)[C@@H](O)N(C)OC. The summed E-state index contributed by atoms with van der Waals surface area (Å²) in [6.07, 6.45) is 3.25. The van der Waals surface area contributed by atoms with E-state index in [1.165, 1.54) is 12.2 Å². The van der Waals surface area contributed by atoms with E-state index in [0.29, 0.717) is 0 Å². The Morgan fingerprint density at radius 1 is 1.50 bits per heavy atom. The van der Waals surface area contributed by atoms with Crippen LogP contribution in [0, 0.1) is 5.41 Å². The van der Waals surface area contributed by atoms with Crippen molar-refractivity contribution in [1.82, 2.24) is 5.06 Å². The molecule has 0 aromatic heterocycles. The zero-order chi connectivity index (χ0) is 9.78. The normalized spacial score (nSPS) is 15.9. The van der Waals surface area contributed by atoms with Gasteiger partial charge in [0, 0.05) is 12.5 Å². The van der Waals surface area contributed by atoms with E-state index < -0.39 is 6.23 Å². The number of nitrogens with zero attached hydrogens (tertiary/aromatic N) is 1. The van der Waals surface area contributed by atoms with Crippen molar-refractivity contribution < 1.29 is 9.94 Å². The highest BCUT2D eigenvalue weighted by Crippen LogP contribution is 2.24. The van der Waals surface area contributed by atoms with Crippen LogP contribution in [0.1, 0.15) is 20.8 Å². The molecule has 0 saturated heterocycles. The van der Waals surface area contributed by atoms with Gasteiger partial charge in [0.1, 0.15) is 6.23 Å². The maximum atomic E-state index is 9.73. The standard InChI is InChI=1S/C9H19NO2/c1-6-7-9(2,3)8(11)10(4)12-5/h6-8,11H,1-5H3/b7-6-/t8-/m1/s1. The number of hydrogen-bond acceptors (Lipinski definition) is 3. The van der Waals surface area contributed by atoms with E-state index >= 15 is 0 Å². The van der Waals surface area contributed by atoms with Crippen molar-refractivity contribution in [1.29, 1.82) is 0 Å². The molecule has 0 bridgehead atoms. The third kappa shape index (κ3) is 2.93. The van der Waals surface area contributed by atoms with Gasteiger partial charge in [-0.3, -0.25) is 0 Å². The lowest BCUT2D eigenvalue weighted by atomic mass is 9.90. The minimum absolute atomic E-state index is 0.292. The zero-order valence-electron chi connectivity index (χ0n) is 8.53. The number of allylic oxidation sites excluding steroid dienone is 1. The molecule has 3 nitrogen and oxygen atoms in total. The van der Waals surface area contributed by atoms with E-state index in [4.69, 9.17) is 4.84 Å². The average Bonchev–Trinajstić information content (AvgIpc) is 2.01. The van der Waals surface area contributed by atoms with Crippen molar-refractivity contribution in [2.45, 2.75) is 27.0 Å². The fourth-order valence-corrected chi connectivity index (χ4v) is 1.08. The van der Waals surface area contributed by atoms with Crippen LogP contribution < -0.4 is 0 Å². The first-order valence-electron chi connectivity index (χ1n) is 4.04. The van der Waals surface area contributed by atoms with Crippen LogP contribution in [0.4, 0.5) is 0 Å². The number of hydroxylamine groups is 2. The molecule has 1 N–H and O–H groups in total. The van der Waals surface area contributed by atoms with E-state index in [9.17, 15) is 5.11 Å². The topological polar surface area (TPSA) is 32.7 Å². The molecule has 0 amide bonds. The predicted molar refractivity (Wildman–Crippen MR) is 49.4 cm³/mol. The van der Waals surface area contributed by atoms with Crippen molar-refractivity contribution in [2.24, 2.45) is 5.41 Å². The van der Waals surface area contributed by atoms with Gasteiger partial charge in [-0.1, -0.05) is 26.0 Å². The summed E-state index contributed by atoms with van der Waals surface area (Å²) in [4.78, 5) is 4.89.